The third kappa shape index (κ3) is 4.25. The molecule has 8 heteroatoms. The van der Waals surface area contributed by atoms with Crippen molar-refractivity contribution in [2.45, 2.75) is 19.3 Å². The van der Waals surface area contributed by atoms with Gasteiger partial charge in [0.15, 0.2) is 17.5 Å². The molecule has 1 saturated heterocycles. The maximum Gasteiger partial charge on any atom is 0.323 e. The molecule has 0 atom stereocenters. The van der Waals surface area contributed by atoms with Crippen LogP contribution in [0.15, 0.2) is 35.1 Å². The highest BCUT2D eigenvalue weighted by Crippen LogP contribution is 2.23. The molecule has 3 rings (SSSR count). The van der Waals surface area contributed by atoms with Crippen LogP contribution in [0.1, 0.15) is 18.4 Å². The molecule has 0 spiro atoms. The van der Waals surface area contributed by atoms with Crippen LogP contribution in [0, 0.1) is 17.6 Å². The van der Waals surface area contributed by atoms with Crippen LogP contribution in [0.3, 0.4) is 0 Å². The van der Waals surface area contributed by atoms with Crippen molar-refractivity contribution in [1.82, 2.24) is 14.7 Å². The number of nitrogens with one attached hydrogen (secondary N) is 1. The van der Waals surface area contributed by atoms with Gasteiger partial charge in [0.2, 0.25) is 0 Å². The molecule has 1 aliphatic heterocycles. The van der Waals surface area contributed by atoms with Gasteiger partial charge in [-0.25, -0.2) is 18.3 Å². The summed E-state index contributed by atoms with van der Waals surface area (Å²) < 4.78 is 27.4. The van der Waals surface area contributed by atoms with Crippen molar-refractivity contribution in [3.8, 4) is 0 Å². The molecule has 1 aromatic carbocycles. The van der Waals surface area contributed by atoms with Gasteiger partial charge in [0, 0.05) is 26.2 Å². The van der Waals surface area contributed by atoms with E-state index in [2.05, 4.69) is 10.4 Å². The lowest BCUT2D eigenvalue weighted by Gasteiger charge is -2.32. The average Bonchev–Trinajstić information content (AvgIpc) is 2.62. The molecule has 1 aliphatic rings. The van der Waals surface area contributed by atoms with Crippen LogP contribution in [0.5, 0.6) is 0 Å². The smallest absolute Gasteiger partial charge is 0.323 e. The largest absolute Gasteiger partial charge is 0.324 e. The molecule has 2 amide bonds. The molecule has 1 N–H and O–H groups in total. The monoisotopic (exact) mass is 362 g/mol. The summed E-state index contributed by atoms with van der Waals surface area (Å²) in [6, 6.07) is 6.53. The number of anilines is 1. The molecule has 0 aliphatic carbocycles. The van der Waals surface area contributed by atoms with E-state index < -0.39 is 11.6 Å². The number of carbonyl (C=O) groups is 1. The zero-order valence-corrected chi connectivity index (χ0v) is 14.4. The normalized spacial score (nSPS) is 15.1. The fourth-order valence-electron chi connectivity index (χ4n) is 3.10. The molecule has 0 bridgehead atoms. The maximum atomic E-state index is 13.3. The third-order valence-corrected chi connectivity index (χ3v) is 4.61. The van der Waals surface area contributed by atoms with E-state index in [0.717, 1.165) is 29.2 Å². The van der Waals surface area contributed by atoms with Gasteiger partial charge in [-0.05, 0) is 48.9 Å². The second-order valence-electron chi connectivity index (χ2n) is 6.49. The standard InChI is InChI=1S/C18H20F2N4O2/c1-23-17(25)5-4-16(22-23)21-18(26)24-8-6-12(7-9-24)10-13-2-3-14(19)15(20)11-13/h2-5,11-12H,6-10H2,1H3,(H,21,22,26). The van der Waals surface area contributed by atoms with E-state index in [1.807, 2.05) is 0 Å². The predicted octanol–water partition coefficient (Wildman–Crippen LogP) is 2.55. The van der Waals surface area contributed by atoms with Gasteiger partial charge in [-0.1, -0.05) is 6.07 Å². The van der Waals surface area contributed by atoms with Crippen LogP contribution in [-0.2, 0) is 13.5 Å². The second kappa shape index (κ2) is 7.63. The van der Waals surface area contributed by atoms with Crippen molar-refractivity contribution in [3.63, 3.8) is 0 Å². The van der Waals surface area contributed by atoms with E-state index in [9.17, 15) is 18.4 Å². The molecular weight excluding hydrogens is 342 g/mol. The number of halogens is 2. The van der Waals surface area contributed by atoms with Gasteiger partial charge < -0.3 is 4.90 Å². The zero-order valence-electron chi connectivity index (χ0n) is 14.4. The SMILES string of the molecule is Cn1nc(NC(=O)N2CCC(Cc3ccc(F)c(F)c3)CC2)ccc1=O. The topological polar surface area (TPSA) is 67.2 Å². The predicted molar refractivity (Wildman–Crippen MR) is 92.9 cm³/mol. The summed E-state index contributed by atoms with van der Waals surface area (Å²) in [5.74, 6) is -1.03. The van der Waals surface area contributed by atoms with Crippen molar-refractivity contribution < 1.29 is 13.6 Å². The van der Waals surface area contributed by atoms with Crippen molar-refractivity contribution in [2.24, 2.45) is 13.0 Å². The summed E-state index contributed by atoms with van der Waals surface area (Å²) in [5.41, 5.74) is 0.516. The number of piperidine rings is 1. The number of hydrogen-bond donors (Lipinski definition) is 1. The van der Waals surface area contributed by atoms with Crippen molar-refractivity contribution in [3.05, 3.63) is 57.9 Å². The number of urea groups is 1. The van der Waals surface area contributed by atoms with Crippen LogP contribution in [0.25, 0.3) is 0 Å². The third-order valence-electron chi connectivity index (χ3n) is 4.61. The van der Waals surface area contributed by atoms with E-state index in [4.69, 9.17) is 0 Å². The lowest BCUT2D eigenvalue weighted by Crippen LogP contribution is -2.41. The Balaban J connectivity index is 1.52. The minimum absolute atomic E-state index is 0.249. The van der Waals surface area contributed by atoms with Crippen molar-refractivity contribution in [1.29, 1.82) is 0 Å². The number of likely N-dealkylation sites (tertiary alicyclic amines) is 1. The van der Waals surface area contributed by atoms with E-state index in [1.54, 1.807) is 11.0 Å². The van der Waals surface area contributed by atoms with E-state index in [1.165, 1.54) is 25.2 Å². The van der Waals surface area contributed by atoms with Gasteiger partial charge in [0.1, 0.15) is 0 Å². The highest BCUT2D eigenvalue weighted by molar-refractivity contribution is 5.88. The zero-order chi connectivity index (χ0) is 18.7. The van der Waals surface area contributed by atoms with Gasteiger partial charge in [-0.15, -0.1) is 0 Å². The molecule has 2 aromatic rings. The minimum Gasteiger partial charge on any atom is -0.324 e. The fraction of sp³-hybridized carbons (Fsp3) is 0.389. The van der Waals surface area contributed by atoms with E-state index in [-0.39, 0.29) is 11.6 Å². The summed E-state index contributed by atoms with van der Waals surface area (Å²) in [4.78, 5) is 25.3. The average molecular weight is 362 g/mol. The first-order valence-electron chi connectivity index (χ1n) is 8.46. The van der Waals surface area contributed by atoms with Crippen LogP contribution in [0.2, 0.25) is 0 Å². The molecule has 2 heterocycles. The highest BCUT2D eigenvalue weighted by Gasteiger charge is 2.23. The van der Waals surface area contributed by atoms with Gasteiger partial charge in [0.25, 0.3) is 5.56 Å². The number of rotatable bonds is 3. The molecule has 0 radical (unpaired) electrons. The maximum absolute atomic E-state index is 13.3. The number of aromatic nitrogens is 2. The van der Waals surface area contributed by atoms with Crippen LogP contribution in [0.4, 0.5) is 19.4 Å². The van der Waals surface area contributed by atoms with Gasteiger partial charge in [0.05, 0.1) is 0 Å². The lowest BCUT2D eigenvalue weighted by atomic mass is 9.90. The van der Waals surface area contributed by atoms with Gasteiger partial charge in [-0.3, -0.25) is 10.1 Å². The number of aryl methyl sites for hydroxylation is 1. The van der Waals surface area contributed by atoms with Gasteiger partial charge in [-0.2, -0.15) is 5.10 Å². The Hall–Kier alpha value is -2.77. The van der Waals surface area contributed by atoms with Crippen LogP contribution in [-0.4, -0.2) is 33.8 Å². The summed E-state index contributed by atoms with van der Waals surface area (Å²) in [5, 5.41) is 6.66. The Morgan fingerprint density at radius 3 is 2.58 bits per heavy atom. The molecule has 1 fully saturated rings. The first kappa shape index (κ1) is 18.0. The summed E-state index contributed by atoms with van der Waals surface area (Å²) in [6.45, 7) is 1.15. The Bertz CT molecular complexity index is 861. The molecule has 0 saturated carbocycles. The molecular formula is C18H20F2N4O2. The quantitative estimate of drug-likeness (QED) is 0.912. The first-order valence-corrected chi connectivity index (χ1v) is 8.46. The van der Waals surface area contributed by atoms with Gasteiger partial charge >= 0.3 is 6.03 Å². The Morgan fingerprint density at radius 2 is 1.92 bits per heavy atom. The summed E-state index contributed by atoms with van der Waals surface area (Å²) in [7, 11) is 1.52. The molecule has 138 valence electrons. The van der Waals surface area contributed by atoms with E-state index >= 15 is 0 Å². The second-order valence-corrected chi connectivity index (χ2v) is 6.49. The fourth-order valence-corrected chi connectivity index (χ4v) is 3.10. The number of nitrogens with zero attached hydrogens (tertiary/aromatic N) is 3. The van der Waals surface area contributed by atoms with Crippen molar-refractivity contribution >= 4 is 11.8 Å². The minimum atomic E-state index is -0.840. The number of carbonyl (C=O) groups excluding carboxylic acids is 1. The van der Waals surface area contributed by atoms with Crippen LogP contribution < -0.4 is 10.9 Å². The molecule has 1 aromatic heterocycles. The number of benzene rings is 1. The molecule has 0 unspecified atom stereocenters. The highest BCUT2D eigenvalue weighted by atomic mass is 19.2. The Kier molecular flexibility index (Phi) is 5.29. The summed E-state index contributed by atoms with van der Waals surface area (Å²) >= 11 is 0. The molecule has 26 heavy (non-hydrogen) atoms. The Labute approximate surface area is 149 Å². The Morgan fingerprint density at radius 1 is 1.19 bits per heavy atom. The van der Waals surface area contributed by atoms with Crippen molar-refractivity contribution in [2.75, 3.05) is 18.4 Å². The number of hydrogen-bond acceptors (Lipinski definition) is 3. The number of amides is 2. The lowest BCUT2D eigenvalue weighted by molar-refractivity contribution is 0.182. The molecule has 6 nitrogen and oxygen atoms in total. The first-order chi connectivity index (χ1) is 12.4. The van der Waals surface area contributed by atoms with E-state index in [0.29, 0.717) is 31.2 Å². The summed E-state index contributed by atoms with van der Waals surface area (Å²) in [6.07, 6.45) is 2.23. The van der Waals surface area contributed by atoms with Crippen LogP contribution >= 0.6 is 0 Å².